The lowest BCUT2D eigenvalue weighted by atomic mass is 10.0. The number of carbonyl (C=O) groups excluding carboxylic acids is 1. The van der Waals surface area contributed by atoms with E-state index < -0.39 is 0 Å². The van der Waals surface area contributed by atoms with Crippen molar-refractivity contribution in [2.75, 3.05) is 26.7 Å². The minimum atomic E-state index is -0.267. The summed E-state index contributed by atoms with van der Waals surface area (Å²) in [6.07, 6.45) is 2.97. The van der Waals surface area contributed by atoms with Gasteiger partial charge in [0.2, 0.25) is 0 Å². The van der Waals surface area contributed by atoms with Gasteiger partial charge >= 0.3 is 0 Å². The molecule has 1 amide bonds. The summed E-state index contributed by atoms with van der Waals surface area (Å²) in [6, 6.07) is 11.5. The quantitative estimate of drug-likeness (QED) is 0.678. The maximum absolute atomic E-state index is 13.1. The second-order valence-electron chi connectivity index (χ2n) is 8.23. The van der Waals surface area contributed by atoms with E-state index in [4.69, 9.17) is 11.6 Å². The van der Waals surface area contributed by atoms with Crippen LogP contribution in [0.3, 0.4) is 0 Å². The highest BCUT2D eigenvalue weighted by Gasteiger charge is 2.32. The fourth-order valence-electron chi connectivity index (χ4n) is 4.55. The zero-order valence-corrected chi connectivity index (χ0v) is 17.9. The Hall–Kier alpha value is -2.28. The van der Waals surface area contributed by atoms with E-state index in [0.717, 1.165) is 44.1 Å². The molecule has 3 N–H and O–H groups in total. The zero-order chi connectivity index (χ0) is 21.3. The summed E-state index contributed by atoms with van der Waals surface area (Å²) in [5.41, 5.74) is 2.49. The molecular weight excluding hydrogens is 402 g/mol. The first-order valence-corrected chi connectivity index (χ1v) is 10.8. The maximum atomic E-state index is 13.1. The van der Waals surface area contributed by atoms with Crippen molar-refractivity contribution < 1.29 is 15.0 Å². The van der Waals surface area contributed by atoms with E-state index in [9.17, 15) is 15.0 Å². The molecule has 0 radical (unpaired) electrons. The van der Waals surface area contributed by atoms with Crippen LogP contribution in [0.15, 0.2) is 36.4 Å². The molecule has 2 aromatic carbocycles. The Morgan fingerprint density at radius 1 is 1.13 bits per heavy atom. The van der Waals surface area contributed by atoms with Gasteiger partial charge in [-0.05, 0) is 43.5 Å². The summed E-state index contributed by atoms with van der Waals surface area (Å²) in [7, 11) is 2.02. The topological polar surface area (TPSA) is 76.0 Å². The van der Waals surface area contributed by atoms with Crippen LogP contribution in [0, 0.1) is 0 Å². The van der Waals surface area contributed by atoms with Gasteiger partial charge in [-0.15, -0.1) is 0 Å². The molecular formula is C23H28ClN3O3. The molecule has 0 saturated carbocycles. The Morgan fingerprint density at radius 2 is 1.90 bits per heavy atom. The molecule has 30 heavy (non-hydrogen) atoms. The number of phenols is 2. The molecule has 1 unspecified atom stereocenters. The number of amides is 1. The molecule has 2 fully saturated rings. The first kappa shape index (κ1) is 21.0. The maximum Gasteiger partial charge on any atom is 0.258 e. The van der Waals surface area contributed by atoms with Crippen molar-refractivity contribution in [3.63, 3.8) is 0 Å². The van der Waals surface area contributed by atoms with Crippen LogP contribution in [0.5, 0.6) is 11.5 Å². The Labute approximate surface area is 182 Å². The zero-order valence-electron chi connectivity index (χ0n) is 17.1. The average molecular weight is 430 g/mol. The minimum Gasteiger partial charge on any atom is -0.507 e. The van der Waals surface area contributed by atoms with Gasteiger partial charge in [0.05, 0.1) is 16.6 Å². The highest BCUT2D eigenvalue weighted by atomic mass is 35.5. The van der Waals surface area contributed by atoms with E-state index in [1.807, 2.05) is 7.05 Å². The monoisotopic (exact) mass is 429 g/mol. The van der Waals surface area contributed by atoms with Gasteiger partial charge in [0.25, 0.3) is 5.91 Å². The number of aromatic hydroxyl groups is 2. The molecule has 2 atom stereocenters. The number of hydrogen-bond donors (Lipinski definition) is 3. The predicted octanol–water partition coefficient (Wildman–Crippen LogP) is 3.52. The molecule has 2 aliphatic heterocycles. The summed E-state index contributed by atoms with van der Waals surface area (Å²) in [6.45, 7) is 3.74. The number of nitrogens with one attached hydrogen (secondary N) is 1. The van der Waals surface area contributed by atoms with E-state index in [-0.39, 0.29) is 34.0 Å². The molecule has 0 spiro atoms. The van der Waals surface area contributed by atoms with E-state index in [1.54, 1.807) is 4.90 Å². The first-order chi connectivity index (χ1) is 14.5. The summed E-state index contributed by atoms with van der Waals surface area (Å²) in [5, 5.41) is 23.2. The Morgan fingerprint density at radius 3 is 2.60 bits per heavy atom. The van der Waals surface area contributed by atoms with Crippen molar-refractivity contribution in [3.05, 3.63) is 58.1 Å². The Kier molecular flexibility index (Phi) is 6.18. The third kappa shape index (κ3) is 4.26. The van der Waals surface area contributed by atoms with Gasteiger partial charge in [0.15, 0.2) is 0 Å². The predicted molar refractivity (Wildman–Crippen MR) is 117 cm³/mol. The number of likely N-dealkylation sites (tertiary alicyclic amines) is 2. The molecule has 0 aliphatic carbocycles. The molecule has 0 bridgehead atoms. The molecule has 6 nitrogen and oxygen atoms in total. The average Bonchev–Trinajstić information content (AvgIpc) is 3.40. The second-order valence-corrected chi connectivity index (χ2v) is 8.64. The van der Waals surface area contributed by atoms with Gasteiger partial charge in [-0.2, -0.15) is 0 Å². The molecule has 2 saturated heterocycles. The summed E-state index contributed by atoms with van der Waals surface area (Å²) < 4.78 is 0. The van der Waals surface area contributed by atoms with Gasteiger partial charge in [-0.25, -0.2) is 0 Å². The van der Waals surface area contributed by atoms with Crippen LogP contribution in [0.4, 0.5) is 0 Å². The number of carbonyl (C=O) groups is 1. The highest BCUT2D eigenvalue weighted by molar-refractivity contribution is 6.32. The third-order valence-electron chi connectivity index (χ3n) is 6.26. The first-order valence-electron chi connectivity index (χ1n) is 10.5. The van der Waals surface area contributed by atoms with Gasteiger partial charge in [0, 0.05) is 38.3 Å². The van der Waals surface area contributed by atoms with Gasteiger partial charge in [0.1, 0.15) is 11.5 Å². The molecule has 2 heterocycles. The standard InChI is InChI=1S/C23H28ClN3O3/c1-25-17-8-10-26(14-17)13-15-4-6-16(7-5-15)20-3-2-9-27(20)23(30)18-11-19(24)22(29)12-21(18)28/h4-7,11-12,17,20,25,28-29H,2-3,8-10,13-14H2,1H3/t17-,20?/m1/s1. The summed E-state index contributed by atoms with van der Waals surface area (Å²) >= 11 is 5.96. The van der Waals surface area contributed by atoms with E-state index >= 15 is 0 Å². The second kappa shape index (κ2) is 8.84. The fraction of sp³-hybridized carbons (Fsp3) is 0.435. The van der Waals surface area contributed by atoms with Crippen molar-refractivity contribution in [2.45, 2.75) is 37.9 Å². The van der Waals surface area contributed by atoms with Gasteiger partial charge < -0.3 is 20.4 Å². The largest absolute Gasteiger partial charge is 0.507 e. The number of benzene rings is 2. The van der Waals surface area contributed by atoms with Crippen LogP contribution in [0.2, 0.25) is 5.02 Å². The SMILES string of the molecule is CN[C@@H]1CCN(Cc2ccc(C3CCCN3C(=O)c3cc(Cl)c(O)cc3O)cc2)C1. The van der Waals surface area contributed by atoms with Crippen molar-refractivity contribution >= 4 is 17.5 Å². The molecule has 160 valence electrons. The van der Waals surface area contributed by atoms with Crippen LogP contribution in [-0.2, 0) is 6.54 Å². The number of rotatable bonds is 5. The van der Waals surface area contributed by atoms with Crippen molar-refractivity contribution in [1.82, 2.24) is 15.1 Å². The number of halogens is 1. The van der Waals surface area contributed by atoms with Crippen molar-refractivity contribution in [3.8, 4) is 11.5 Å². The lowest BCUT2D eigenvalue weighted by Crippen LogP contribution is -2.30. The molecule has 7 heteroatoms. The number of phenolic OH excluding ortho intramolecular Hbond substituents is 2. The number of nitrogens with zero attached hydrogens (tertiary/aromatic N) is 2. The van der Waals surface area contributed by atoms with E-state index in [1.165, 1.54) is 18.1 Å². The summed E-state index contributed by atoms with van der Waals surface area (Å²) in [4.78, 5) is 17.3. The normalized spacial score (nSPS) is 22.0. The molecule has 4 rings (SSSR count). The molecule has 0 aromatic heterocycles. The van der Waals surface area contributed by atoms with Gasteiger partial charge in [-0.3, -0.25) is 9.69 Å². The van der Waals surface area contributed by atoms with E-state index in [2.05, 4.69) is 34.5 Å². The van der Waals surface area contributed by atoms with Crippen LogP contribution < -0.4 is 5.32 Å². The molecule has 2 aliphatic rings. The summed E-state index contributed by atoms with van der Waals surface area (Å²) in [5.74, 6) is -0.761. The Balaban J connectivity index is 1.47. The van der Waals surface area contributed by atoms with E-state index in [0.29, 0.717) is 12.6 Å². The third-order valence-corrected chi connectivity index (χ3v) is 6.56. The van der Waals surface area contributed by atoms with Crippen LogP contribution >= 0.6 is 11.6 Å². The van der Waals surface area contributed by atoms with Crippen LogP contribution in [0.1, 0.15) is 46.8 Å². The Bertz CT molecular complexity index is 919. The highest BCUT2D eigenvalue weighted by Crippen LogP contribution is 2.37. The van der Waals surface area contributed by atoms with Gasteiger partial charge in [-0.1, -0.05) is 35.9 Å². The number of hydrogen-bond acceptors (Lipinski definition) is 5. The fourth-order valence-corrected chi connectivity index (χ4v) is 4.71. The minimum absolute atomic E-state index is 0.0287. The van der Waals surface area contributed by atoms with Crippen LogP contribution in [-0.4, -0.2) is 58.6 Å². The lowest BCUT2D eigenvalue weighted by Gasteiger charge is -2.26. The molecule has 2 aromatic rings. The van der Waals surface area contributed by atoms with Crippen LogP contribution in [0.25, 0.3) is 0 Å². The number of likely N-dealkylation sites (N-methyl/N-ethyl adjacent to an activating group) is 1. The lowest BCUT2D eigenvalue weighted by molar-refractivity contribution is 0.0732. The van der Waals surface area contributed by atoms with Crippen molar-refractivity contribution in [2.24, 2.45) is 0 Å². The smallest absolute Gasteiger partial charge is 0.258 e. The van der Waals surface area contributed by atoms with Crippen molar-refractivity contribution in [1.29, 1.82) is 0 Å².